The summed E-state index contributed by atoms with van der Waals surface area (Å²) in [6.07, 6.45) is 19.9. The van der Waals surface area contributed by atoms with E-state index in [4.69, 9.17) is 5.11 Å². The fourth-order valence-electron chi connectivity index (χ4n) is 2.26. The van der Waals surface area contributed by atoms with Crippen molar-refractivity contribution in [2.75, 3.05) is 6.54 Å². The molecular formula is C18H31NO4. The summed E-state index contributed by atoms with van der Waals surface area (Å²) in [6.45, 7) is 0.0893. The number of rotatable bonds is 16. The second-order valence-electron chi connectivity index (χ2n) is 5.78. The maximum atomic E-state index is 10.3. The lowest BCUT2D eigenvalue weighted by Crippen LogP contribution is -1.99. The van der Waals surface area contributed by atoms with Crippen LogP contribution < -0.4 is 0 Å². The molecule has 0 aromatic rings. The van der Waals surface area contributed by atoms with Gasteiger partial charge in [0.05, 0.1) is 0 Å². The van der Waals surface area contributed by atoms with Gasteiger partial charge in [0.2, 0.25) is 6.54 Å². The Hall–Kier alpha value is -1.65. The summed E-state index contributed by atoms with van der Waals surface area (Å²) in [5.41, 5.74) is 0. The monoisotopic (exact) mass is 325 g/mol. The molecule has 0 amide bonds. The molecule has 0 saturated carbocycles. The number of nitro groups is 1. The van der Waals surface area contributed by atoms with Crippen LogP contribution in [0.25, 0.3) is 0 Å². The van der Waals surface area contributed by atoms with Crippen LogP contribution in [0.15, 0.2) is 24.3 Å². The molecule has 0 fully saturated rings. The Bertz CT molecular complexity index is 364. The number of nitrogens with zero attached hydrogens (tertiary/aromatic N) is 1. The molecule has 0 aromatic carbocycles. The Kier molecular flexibility index (Phi) is 15.5. The molecule has 0 aliphatic carbocycles. The first-order valence-corrected chi connectivity index (χ1v) is 8.76. The summed E-state index contributed by atoms with van der Waals surface area (Å²) in [7, 11) is 0. The van der Waals surface area contributed by atoms with Crippen LogP contribution in [0, 0.1) is 10.1 Å². The zero-order valence-electron chi connectivity index (χ0n) is 14.1. The molecule has 132 valence electrons. The lowest BCUT2D eigenvalue weighted by molar-refractivity contribution is -0.480. The van der Waals surface area contributed by atoms with Crippen molar-refractivity contribution >= 4 is 5.97 Å². The zero-order chi connectivity index (χ0) is 17.2. The summed E-state index contributed by atoms with van der Waals surface area (Å²) >= 11 is 0. The van der Waals surface area contributed by atoms with Crippen LogP contribution >= 0.6 is 0 Å². The van der Waals surface area contributed by atoms with Crippen molar-refractivity contribution in [1.82, 2.24) is 0 Å². The van der Waals surface area contributed by atoms with E-state index >= 15 is 0 Å². The van der Waals surface area contributed by atoms with Crippen LogP contribution in [0.3, 0.4) is 0 Å². The molecule has 23 heavy (non-hydrogen) atoms. The number of aliphatic carboxylic acids is 1. The highest BCUT2D eigenvalue weighted by Gasteiger charge is 1.96. The fourth-order valence-corrected chi connectivity index (χ4v) is 2.26. The Balaban J connectivity index is 3.23. The molecule has 0 heterocycles. The molecule has 0 bridgehead atoms. The number of hydrogen-bond donors (Lipinski definition) is 1. The highest BCUT2D eigenvalue weighted by molar-refractivity contribution is 5.66. The van der Waals surface area contributed by atoms with Gasteiger partial charge in [0.1, 0.15) is 0 Å². The number of carboxylic acid groups (broad SMARTS) is 1. The fraction of sp³-hybridized carbons (Fsp3) is 0.722. The third-order valence-electron chi connectivity index (χ3n) is 3.58. The Morgan fingerprint density at radius 3 is 1.91 bits per heavy atom. The van der Waals surface area contributed by atoms with Gasteiger partial charge in [-0.25, -0.2) is 0 Å². The number of carbonyl (C=O) groups is 1. The van der Waals surface area contributed by atoms with Crippen LogP contribution in [0.5, 0.6) is 0 Å². The van der Waals surface area contributed by atoms with E-state index in [2.05, 4.69) is 24.3 Å². The second kappa shape index (κ2) is 16.7. The minimum atomic E-state index is -0.697. The SMILES string of the molecule is O=C(O)CCCCCCC/C=C\C/C=C\CCCCC[N+](=O)[O-]. The Morgan fingerprint density at radius 2 is 1.35 bits per heavy atom. The van der Waals surface area contributed by atoms with Gasteiger partial charge in [-0.1, -0.05) is 43.6 Å². The molecule has 0 atom stereocenters. The Labute approximate surface area is 139 Å². The maximum absolute atomic E-state index is 10.3. The average molecular weight is 325 g/mol. The normalized spacial score (nSPS) is 11.5. The first-order chi connectivity index (χ1) is 11.1. The predicted octanol–water partition coefficient (Wildman–Crippen LogP) is 5.14. The van der Waals surface area contributed by atoms with Crippen molar-refractivity contribution in [2.24, 2.45) is 0 Å². The predicted molar refractivity (Wildman–Crippen MR) is 93.2 cm³/mol. The van der Waals surface area contributed by atoms with E-state index in [1.807, 2.05) is 0 Å². The lowest BCUT2D eigenvalue weighted by Gasteiger charge is -1.98. The van der Waals surface area contributed by atoms with Gasteiger partial charge in [-0.05, 0) is 44.9 Å². The summed E-state index contributed by atoms with van der Waals surface area (Å²) in [5, 5.41) is 18.6. The van der Waals surface area contributed by atoms with E-state index < -0.39 is 5.97 Å². The lowest BCUT2D eigenvalue weighted by atomic mass is 10.1. The molecule has 0 spiro atoms. The van der Waals surface area contributed by atoms with Crippen molar-refractivity contribution in [1.29, 1.82) is 0 Å². The number of unbranched alkanes of at least 4 members (excludes halogenated alkanes) is 8. The largest absolute Gasteiger partial charge is 0.481 e. The van der Waals surface area contributed by atoms with Crippen LogP contribution in [0.1, 0.15) is 77.0 Å². The number of hydrogen-bond acceptors (Lipinski definition) is 3. The van der Waals surface area contributed by atoms with Crippen LogP contribution in [0.2, 0.25) is 0 Å². The third kappa shape index (κ3) is 20.4. The van der Waals surface area contributed by atoms with Gasteiger partial charge < -0.3 is 5.11 Å². The minimum absolute atomic E-state index is 0.0893. The summed E-state index contributed by atoms with van der Waals surface area (Å²) in [5.74, 6) is -0.697. The van der Waals surface area contributed by atoms with E-state index in [1.165, 1.54) is 12.8 Å². The van der Waals surface area contributed by atoms with Crippen molar-refractivity contribution in [3.63, 3.8) is 0 Å². The van der Waals surface area contributed by atoms with Crippen molar-refractivity contribution in [3.05, 3.63) is 34.4 Å². The Morgan fingerprint density at radius 1 is 0.826 bits per heavy atom. The standard InChI is InChI=1S/C18H31NO4/c20-18(21)16-14-12-10-8-6-4-2-1-3-5-7-9-11-13-15-17-19(22)23/h1-2,5,7H,3-4,6,8-17H2,(H,20,21)/b2-1-,7-5-. The van der Waals surface area contributed by atoms with Gasteiger partial charge in [-0.2, -0.15) is 0 Å². The molecule has 0 saturated heterocycles. The molecule has 0 rings (SSSR count). The quantitative estimate of drug-likeness (QED) is 0.184. The minimum Gasteiger partial charge on any atom is -0.481 e. The summed E-state index contributed by atoms with van der Waals surface area (Å²) in [4.78, 5) is 20.2. The third-order valence-corrected chi connectivity index (χ3v) is 3.58. The van der Waals surface area contributed by atoms with E-state index in [1.54, 1.807) is 0 Å². The van der Waals surface area contributed by atoms with Gasteiger partial charge in [0, 0.05) is 17.8 Å². The first kappa shape index (κ1) is 21.4. The van der Waals surface area contributed by atoms with E-state index in [0.717, 1.165) is 51.4 Å². The summed E-state index contributed by atoms with van der Waals surface area (Å²) < 4.78 is 0. The molecule has 0 aliphatic rings. The van der Waals surface area contributed by atoms with Crippen molar-refractivity contribution < 1.29 is 14.8 Å². The topological polar surface area (TPSA) is 80.4 Å². The molecule has 0 aromatic heterocycles. The van der Waals surface area contributed by atoms with Gasteiger partial charge in [0.25, 0.3) is 0 Å². The van der Waals surface area contributed by atoms with Crippen LogP contribution in [0.4, 0.5) is 0 Å². The van der Waals surface area contributed by atoms with E-state index in [0.29, 0.717) is 12.8 Å². The first-order valence-electron chi connectivity index (χ1n) is 8.76. The second-order valence-corrected chi connectivity index (χ2v) is 5.78. The molecule has 0 radical (unpaired) electrons. The molecule has 0 unspecified atom stereocenters. The van der Waals surface area contributed by atoms with E-state index in [-0.39, 0.29) is 11.5 Å². The molecular weight excluding hydrogens is 294 g/mol. The molecule has 1 N–H and O–H groups in total. The molecule has 5 heteroatoms. The smallest absolute Gasteiger partial charge is 0.303 e. The highest BCUT2D eigenvalue weighted by Crippen LogP contribution is 2.08. The van der Waals surface area contributed by atoms with Gasteiger partial charge in [-0.3, -0.25) is 14.9 Å². The maximum Gasteiger partial charge on any atom is 0.303 e. The van der Waals surface area contributed by atoms with Gasteiger partial charge in [0.15, 0.2) is 0 Å². The van der Waals surface area contributed by atoms with Crippen molar-refractivity contribution in [2.45, 2.75) is 77.0 Å². The zero-order valence-corrected chi connectivity index (χ0v) is 14.1. The van der Waals surface area contributed by atoms with Crippen LogP contribution in [-0.2, 0) is 4.79 Å². The highest BCUT2D eigenvalue weighted by atomic mass is 16.6. The molecule has 5 nitrogen and oxygen atoms in total. The number of allylic oxidation sites excluding steroid dienone is 4. The van der Waals surface area contributed by atoms with E-state index in [9.17, 15) is 14.9 Å². The van der Waals surface area contributed by atoms with Gasteiger partial charge in [-0.15, -0.1) is 0 Å². The average Bonchev–Trinajstić information content (AvgIpc) is 2.49. The van der Waals surface area contributed by atoms with Crippen LogP contribution in [-0.4, -0.2) is 22.5 Å². The van der Waals surface area contributed by atoms with Gasteiger partial charge >= 0.3 is 5.97 Å². The number of carboxylic acids is 1. The summed E-state index contributed by atoms with van der Waals surface area (Å²) in [6, 6.07) is 0. The van der Waals surface area contributed by atoms with Crippen molar-refractivity contribution in [3.8, 4) is 0 Å². The molecule has 0 aliphatic heterocycles.